The molecule has 0 aliphatic heterocycles. The lowest BCUT2D eigenvalue weighted by Gasteiger charge is -2.31. The fourth-order valence-corrected chi connectivity index (χ4v) is 3.24. The molecule has 2 aromatic rings. The van der Waals surface area contributed by atoms with E-state index in [9.17, 15) is 9.59 Å². The highest BCUT2D eigenvalue weighted by Crippen LogP contribution is 2.18. The summed E-state index contributed by atoms with van der Waals surface area (Å²) in [5.74, 6) is 0.162. The van der Waals surface area contributed by atoms with E-state index in [0.29, 0.717) is 23.7 Å². The van der Waals surface area contributed by atoms with Crippen LogP contribution < -0.4 is 10.1 Å². The van der Waals surface area contributed by atoms with Gasteiger partial charge in [-0.05, 0) is 62.2 Å². The van der Waals surface area contributed by atoms with Crippen molar-refractivity contribution in [3.63, 3.8) is 0 Å². The summed E-state index contributed by atoms with van der Waals surface area (Å²) in [6.07, 6.45) is 0.496. The molecular formula is C22H26BrClN2O3. The van der Waals surface area contributed by atoms with Crippen LogP contribution in [0.3, 0.4) is 0 Å². The fraction of sp³-hybridized carbons (Fsp3) is 0.364. The van der Waals surface area contributed by atoms with E-state index in [0.717, 1.165) is 10.0 Å². The first-order valence-electron chi connectivity index (χ1n) is 9.52. The second kappa shape index (κ2) is 11.2. The van der Waals surface area contributed by atoms with Crippen LogP contribution in [-0.2, 0) is 16.1 Å². The quantitative estimate of drug-likeness (QED) is 0.559. The number of carbonyl (C=O) groups is 2. The normalized spacial score (nSPS) is 11.8. The molecule has 156 valence electrons. The molecule has 29 heavy (non-hydrogen) atoms. The number of ether oxygens (including phenoxy) is 1. The van der Waals surface area contributed by atoms with Crippen molar-refractivity contribution in [3.8, 4) is 5.75 Å². The van der Waals surface area contributed by atoms with Gasteiger partial charge in [-0.2, -0.15) is 0 Å². The highest BCUT2D eigenvalue weighted by Gasteiger charge is 2.29. The molecular weight excluding hydrogens is 456 g/mol. The van der Waals surface area contributed by atoms with Gasteiger partial charge in [-0.25, -0.2) is 0 Å². The van der Waals surface area contributed by atoms with Crippen LogP contribution >= 0.6 is 27.5 Å². The molecule has 5 nitrogen and oxygen atoms in total. The zero-order valence-corrected chi connectivity index (χ0v) is 19.2. The second-order valence-electron chi connectivity index (χ2n) is 6.98. The standard InChI is InChI=1S/C22H26BrClN2O3/c1-4-20(22(28)25-15(2)3)26(13-16-5-9-18(24)10-6-16)21(27)14-29-19-11-7-17(23)8-12-19/h5-12,15,20H,4,13-14H2,1-3H3,(H,25,28). The minimum atomic E-state index is -0.589. The lowest BCUT2D eigenvalue weighted by Crippen LogP contribution is -2.51. The molecule has 0 fully saturated rings. The smallest absolute Gasteiger partial charge is 0.261 e. The van der Waals surface area contributed by atoms with Crippen molar-refractivity contribution in [2.24, 2.45) is 0 Å². The van der Waals surface area contributed by atoms with Crippen molar-refractivity contribution >= 4 is 39.3 Å². The molecule has 0 spiro atoms. The van der Waals surface area contributed by atoms with Crippen LogP contribution in [0.5, 0.6) is 5.75 Å². The molecule has 0 saturated carbocycles. The number of carbonyl (C=O) groups excluding carboxylic acids is 2. The fourth-order valence-electron chi connectivity index (χ4n) is 2.85. The molecule has 1 N–H and O–H groups in total. The molecule has 0 bridgehead atoms. The summed E-state index contributed by atoms with van der Waals surface area (Å²) in [5, 5.41) is 3.52. The number of rotatable bonds is 9. The number of amides is 2. The van der Waals surface area contributed by atoms with E-state index < -0.39 is 6.04 Å². The SMILES string of the molecule is CCC(C(=O)NC(C)C)N(Cc1ccc(Cl)cc1)C(=O)COc1ccc(Br)cc1. The summed E-state index contributed by atoms with van der Waals surface area (Å²) >= 11 is 9.34. The maximum Gasteiger partial charge on any atom is 0.261 e. The third-order valence-corrected chi connectivity index (χ3v) is 5.04. The highest BCUT2D eigenvalue weighted by molar-refractivity contribution is 9.10. The molecule has 0 radical (unpaired) electrons. The maximum absolute atomic E-state index is 13.0. The number of nitrogens with one attached hydrogen (secondary N) is 1. The first-order valence-corrected chi connectivity index (χ1v) is 10.7. The third-order valence-electron chi connectivity index (χ3n) is 4.26. The average Bonchev–Trinajstić information content (AvgIpc) is 2.68. The van der Waals surface area contributed by atoms with Crippen LogP contribution in [0.4, 0.5) is 0 Å². The lowest BCUT2D eigenvalue weighted by atomic mass is 10.1. The Hall–Kier alpha value is -2.05. The van der Waals surface area contributed by atoms with Crippen LogP contribution in [0.15, 0.2) is 53.0 Å². The molecule has 7 heteroatoms. The zero-order valence-electron chi connectivity index (χ0n) is 16.8. The molecule has 0 aromatic heterocycles. The Morgan fingerprint density at radius 1 is 1.10 bits per heavy atom. The Morgan fingerprint density at radius 3 is 2.28 bits per heavy atom. The number of nitrogens with zero attached hydrogens (tertiary/aromatic N) is 1. The summed E-state index contributed by atoms with van der Waals surface area (Å²) in [7, 11) is 0. The van der Waals surface area contributed by atoms with Crippen LogP contribution in [0, 0.1) is 0 Å². The van der Waals surface area contributed by atoms with E-state index in [2.05, 4.69) is 21.2 Å². The number of hydrogen-bond donors (Lipinski definition) is 1. The van der Waals surface area contributed by atoms with Gasteiger partial charge in [-0.1, -0.05) is 46.6 Å². The van der Waals surface area contributed by atoms with Gasteiger partial charge in [0.2, 0.25) is 5.91 Å². The predicted molar refractivity (Wildman–Crippen MR) is 119 cm³/mol. The Balaban J connectivity index is 2.18. The minimum Gasteiger partial charge on any atom is -0.484 e. The Bertz CT molecular complexity index is 810. The summed E-state index contributed by atoms with van der Waals surface area (Å²) in [4.78, 5) is 27.3. The van der Waals surface area contributed by atoms with Gasteiger partial charge < -0.3 is 15.0 Å². The summed E-state index contributed by atoms with van der Waals surface area (Å²) in [5.41, 5.74) is 0.891. The van der Waals surface area contributed by atoms with E-state index in [-0.39, 0.29) is 24.5 Å². The Kier molecular flexibility index (Phi) is 8.99. The first kappa shape index (κ1) is 23.2. The number of hydrogen-bond acceptors (Lipinski definition) is 3. The molecule has 1 atom stereocenters. The van der Waals surface area contributed by atoms with Crippen LogP contribution in [0.25, 0.3) is 0 Å². The Morgan fingerprint density at radius 2 is 1.72 bits per heavy atom. The van der Waals surface area contributed by atoms with Gasteiger partial charge in [-0.15, -0.1) is 0 Å². The summed E-state index contributed by atoms with van der Waals surface area (Å²) in [6, 6.07) is 13.9. The van der Waals surface area contributed by atoms with Gasteiger partial charge in [0, 0.05) is 22.1 Å². The number of halogens is 2. The van der Waals surface area contributed by atoms with E-state index in [1.54, 1.807) is 29.2 Å². The van der Waals surface area contributed by atoms with E-state index >= 15 is 0 Å². The second-order valence-corrected chi connectivity index (χ2v) is 8.33. The van der Waals surface area contributed by atoms with Crippen molar-refractivity contribution in [2.75, 3.05) is 6.61 Å². The molecule has 2 aromatic carbocycles. The Labute approximate surface area is 185 Å². The van der Waals surface area contributed by atoms with Crippen molar-refractivity contribution < 1.29 is 14.3 Å². The molecule has 2 amide bonds. The summed E-state index contributed by atoms with van der Waals surface area (Å²) in [6.45, 7) is 5.83. The van der Waals surface area contributed by atoms with Crippen molar-refractivity contribution in [1.82, 2.24) is 10.2 Å². The van der Waals surface area contributed by atoms with Crippen LogP contribution in [0.2, 0.25) is 5.02 Å². The lowest BCUT2D eigenvalue weighted by molar-refractivity contribution is -0.143. The largest absolute Gasteiger partial charge is 0.484 e. The van der Waals surface area contributed by atoms with Gasteiger partial charge in [-0.3, -0.25) is 9.59 Å². The van der Waals surface area contributed by atoms with Gasteiger partial charge in [0.05, 0.1) is 0 Å². The van der Waals surface area contributed by atoms with E-state index in [1.165, 1.54) is 0 Å². The van der Waals surface area contributed by atoms with Crippen molar-refractivity contribution in [3.05, 3.63) is 63.6 Å². The van der Waals surface area contributed by atoms with Crippen molar-refractivity contribution in [1.29, 1.82) is 0 Å². The molecule has 0 aliphatic carbocycles. The zero-order chi connectivity index (χ0) is 21.4. The van der Waals surface area contributed by atoms with E-state index in [4.69, 9.17) is 16.3 Å². The number of benzene rings is 2. The van der Waals surface area contributed by atoms with Crippen LogP contribution in [-0.4, -0.2) is 35.4 Å². The van der Waals surface area contributed by atoms with Crippen LogP contribution in [0.1, 0.15) is 32.8 Å². The van der Waals surface area contributed by atoms with Gasteiger partial charge >= 0.3 is 0 Å². The summed E-state index contributed by atoms with van der Waals surface area (Å²) < 4.78 is 6.58. The molecule has 0 saturated heterocycles. The van der Waals surface area contributed by atoms with Gasteiger partial charge in [0.15, 0.2) is 6.61 Å². The van der Waals surface area contributed by atoms with Gasteiger partial charge in [0.25, 0.3) is 5.91 Å². The highest BCUT2D eigenvalue weighted by atomic mass is 79.9. The molecule has 2 rings (SSSR count). The third kappa shape index (κ3) is 7.37. The monoisotopic (exact) mass is 480 g/mol. The molecule has 1 unspecified atom stereocenters. The topological polar surface area (TPSA) is 58.6 Å². The van der Waals surface area contributed by atoms with Crippen molar-refractivity contribution in [2.45, 2.75) is 45.8 Å². The predicted octanol–water partition coefficient (Wildman–Crippen LogP) is 4.81. The first-order chi connectivity index (χ1) is 13.8. The molecule has 0 aliphatic rings. The van der Waals surface area contributed by atoms with E-state index in [1.807, 2.05) is 45.0 Å². The molecule has 0 heterocycles. The average molecular weight is 482 g/mol. The minimum absolute atomic E-state index is 0.0111. The van der Waals surface area contributed by atoms with Gasteiger partial charge in [0.1, 0.15) is 11.8 Å². The maximum atomic E-state index is 13.0.